The van der Waals surface area contributed by atoms with E-state index in [0.717, 1.165) is 11.2 Å². The van der Waals surface area contributed by atoms with E-state index in [1.54, 1.807) is 20.0 Å². The zero-order valence-corrected chi connectivity index (χ0v) is 14.5. The van der Waals surface area contributed by atoms with Crippen LogP contribution < -0.4 is 0 Å². The summed E-state index contributed by atoms with van der Waals surface area (Å²) in [5, 5.41) is 15.8. The summed E-state index contributed by atoms with van der Waals surface area (Å²) < 4.78 is 6.78. The largest absolute Gasteiger partial charge is 0.341 e. The van der Waals surface area contributed by atoms with E-state index in [-0.39, 0.29) is 5.91 Å². The lowest BCUT2D eigenvalue weighted by atomic mass is 10.2. The first-order valence-electron chi connectivity index (χ1n) is 8.23. The number of amides is 1. The number of nitrogens with one attached hydrogen (secondary N) is 1. The molecule has 0 fully saturated rings. The maximum absolute atomic E-state index is 12.6. The summed E-state index contributed by atoms with van der Waals surface area (Å²) in [6.45, 7) is 2.72. The monoisotopic (exact) mass is 350 g/mol. The van der Waals surface area contributed by atoms with Gasteiger partial charge in [0.25, 0.3) is 5.91 Å². The number of aryl methyl sites for hydroxylation is 1. The second kappa shape index (κ2) is 6.47. The number of aromatic amines is 1. The van der Waals surface area contributed by atoms with Crippen molar-refractivity contribution in [2.24, 2.45) is 0 Å². The van der Waals surface area contributed by atoms with Crippen LogP contribution in [0.15, 0.2) is 47.2 Å². The molecule has 0 atom stereocenters. The highest BCUT2D eigenvalue weighted by molar-refractivity contribution is 5.92. The van der Waals surface area contributed by atoms with Crippen LogP contribution in [-0.2, 0) is 13.1 Å². The molecule has 26 heavy (non-hydrogen) atoms. The predicted molar refractivity (Wildman–Crippen MR) is 94.5 cm³/mol. The van der Waals surface area contributed by atoms with Gasteiger partial charge in [-0.2, -0.15) is 5.10 Å². The molecule has 0 aliphatic rings. The molecule has 0 unspecified atom stereocenters. The minimum Gasteiger partial charge on any atom is -0.341 e. The SMILES string of the molecule is Cc1nonc1CN(C)C(=O)c1cc(Cn2ccc3ccccc32)[nH]n1. The maximum Gasteiger partial charge on any atom is 0.274 e. The van der Waals surface area contributed by atoms with Gasteiger partial charge in [0, 0.05) is 18.8 Å². The lowest BCUT2D eigenvalue weighted by molar-refractivity contribution is 0.0776. The van der Waals surface area contributed by atoms with Crippen molar-refractivity contribution in [3.8, 4) is 0 Å². The highest BCUT2D eigenvalue weighted by atomic mass is 16.6. The maximum atomic E-state index is 12.6. The Kier molecular flexibility index (Phi) is 4.00. The normalized spacial score (nSPS) is 11.2. The van der Waals surface area contributed by atoms with Crippen molar-refractivity contribution < 1.29 is 9.42 Å². The Bertz CT molecular complexity index is 1060. The number of nitrogens with zero attached hydrogens (tertiary/aromatic N) is 5. The molecule has 1 N–H and O–H groups in total. The topological polar surface area (TPSA) is 92.8 Å². The number of hydrogen-bond acceptors (Lipinski definition) is 5. The summed E-state index contributed by atoms with van der Waals surface area (Å²) in [6.07, 6.45) is 2.03. The fourth-order valence-electron chi connectivity index (χ4n) is 2.90. The van der Waals surface area contributed by atoms with Crippen LogP contribution in [0.1, 0.15) is 27.6 Å². The van der Waals surface area contributed by atoms with Crippen LogP contribution in [0, 0.1) is 6.92 Å². The third kappa shape index (κ3) is 2.97. The molecule has 0 aliphatic carbocycles. The van der Waals surface area contributed by atoms with E-state index in [1.807, 2.05) is 18.3 Å². The first-order chi connectivity index (χ1) is 12.6. The number of rotatable bonds is 5. The average molecular weight is 350 g/mol. The van der Waals surface area contributed by atoms with Gasteiger partial charge in [0.2, 0.25) is 0 Å². The molecule has 0 spiro atoms. The number of hydrogen-bond donors (Lipinski definition) is 1. The number of carbonyl (C=O) groups excluding carboxylic acids is 1. The van der Waals surface area contributed by atoms with Crippen molar-refractivity contribution in [3.63, 3.8) is 0 Å². The van der Waals surface area contributed by atoms with Gasteiger partial charge in [0.1, 0.15) is 17.1 Å². The van der Waals surface area contributed by atoms with E-state index in [0.29, 0.717) is 30.2 Å². The molecule has 8 nitrogen and oxygen atoms in total. The molecule has 132 valence electrons. The van der Waals surface area contributed by atoms with Gasteiger partial charge < -0.3 is 9.47 Å². The van der Waals surface area contributed by atoms with Crippen molar-refractivity contribution in [2.45, 2.75) is 20.0 Å². The van der Waals surface area contributed by atoms with E-state index >= 15 is 0 Å². The highest BCUT2D eigenvalue weighted by Crippen LogP contribution is 2.17. The van der Waals surface area contributed by atoms with Gasteiger partial charge in [-0.1, -0.05) is 28.5 Å². The Hall–Kier alpha value is -3.42. The number of benzene rings is 1. The first kappa shape index (κ1) is 16.1. The van der Waals surface area contributed by atoms with Gasteiger partial charge in [0.05, 0.1) is 18.8 Å². The summed E-state index contributed by atoms with van der Waals surface area (Å²) in [5.41, 5.74) is 3.68. The lowest BCUT2D eigenvalue weighted by Gasteiger charge is -2.13. The number of carbonyl (C=O) groups is 1. The van der Waals surface area contributed by atoms with Crippen molar-refractivity contribution in [1.82, 2.24) is 30.0 Å². The molecular formula is C18H18N6O2. The summed E-state index contributed by atoms with van der Waals surface area (Å²) in [4.78, 5) is 14.1. The van der Waals surface area contributed by atoms with Crippen LogP contribution >= 0.6 is 0 Å². The van der Waals surface area contributed by atoms with Gasteiger partial charge in [-0.25, -0.2) is 4.63 Å². The van der Waals surface area contributed by atoms with Crippen LogP contribution in [0.3, 0.4) is 0 Å². The van der Waals surface area contributed by atoms with E-state index < -0.39 is 0 Å². The summed E-state index contributed by atoms with van der Waals surface area (Å²) in [7, 11) is 1.70. The van der Waals surface area contributed by atoms with Gasteiger partial charge in [-0.3, -0.25) is 9.89 Å². The second-order valence-corrected chi connectivity index (χ2v) is 6.24. The molecule has 0 bridgehead atoms. The summed E-state index contributed by atoms with van der Waals surface area (Å²) in [5.74, 6) is -0.188. The Morgan fingerprint density at radius 1 is 1.27 bits per heavy atom. The minimum atomic E-state index is -0.188. The fraction of sp³-hybridized carbons (Fsp3) is 0.222. The van der Waals surface area contributed by atoms with E-state index in [4.69, 9.17) is 0 Å². The smallest absolute Gasteiger partial charge is 0.274 e. The van der Waals surface area contributed by atoms with E-state index in [9.17, 15) is 4.79 Å². The molecule has 3 aromatic heterocycles. The Morgan fingerprint density at radius 2 is 2.12 bits per heavy atom. The van der Waals surface area contributed by atoms with Crippen LogP contribution in [0.4, 0.5) is 0 Å². The van der Waals surface area contributed by atoms with E-state index in [1.165, 1.54) is 10.3 Å². The Labute approximate surface area is 149 Å². The van der Waals surface area contributed by atoms with Gasteiger partial charge in [0.15, 0.2) is 0 Å². The highest BCUT2D eigenvalue weighted by Gasteiger charge is 2.18. The van der Waals surface area contributed by atoms with Gasteiger partial charge in [-0.05, 0) is 30.5 Å². The summed E-state index contributed by atoms with van der Waals surface area (Å²) >= 11 is 0. The van der Waals surface area contributed by atoms with Crippen LogP contribution in [0.25, 0.3) is 10.9 Å². The predicted octanol–water partition coefficient (Wildman–Crippen LogP) is 2.38. The molecule has 3 heterocycles. The molecule has 1 aromatic carbocycles. The Morgan fingerprint density at radius 3 is 2.92 bits per heavy atom. The van der Waals surface area contributed by atoms with Crippen LogP contribution in [0.5, 0.6) is 0 Å². The molecule has 4 rings (SSSR count). The minimum absolute atomic E-state index is 0.188. The lowest BCUT2D eigenvalue weighted by Crippen LogP contribution is -2.27. The van der Waals surface area contributed by atoms with Crippen LogP contribution in [-0.4, -0.2) is 42.9 Å². The summed E-state index contributed by atoms with van der Waals surface area (Å²) in [6, 6.07) is 12.0. The Balaban J connectivity index is 1.48. The van der Waals surface area contributed by atoms with Crippen LogP contribution in [0.2, 0.25) is 0 Å². The standard InChI is InChI=1S/C18H18N6O2/c1-12-16(22-26-21-12)11-23(2)18(25)15-9-14(19-20-15)10-24-8-7-13-5-3-4-6-17(13)24/h3-9H,10-11H2,1-2H3,(H,19,20). The first-order valence-corrected chi connectivity index (χ1v) is 8.23. The van der Waals surface area contributed by atoms with Gasteiger partial charge >= 0.3 is 0 Å². The van der Waals surface area contributed by atoms with Gasteiger partial charge in [-0.15, -0.1) is 0 Å². The molecule has 0 saturated carbocycles. The fourth-order valence-corrected chi connectivity index (χ4v) is 2.90. The molecule has 0 radical (unpaired) electrons. The second-order valence-electron chi connectivity index (χ2n) is 6.24. The number of para-hydroxylation sites is 1. The third-order valence-corrected chi connectivity index (χ3v) is 4.35. The van der Waals surface area contributed by atoms with E-state index in [2.05, 4.69) is 47.9 Å². The zero-order valence-electron chi connectivity index (χ0n) is 14.5. The molecule has 0 saturated heterocycles. The quantitative estimate of drug-likeness (QED) is 0.596. The molecular weight excluding hydrogens is 332 g/mol. The van der Waals surface area contributed by atoms with Crippen molar-refractivity contribution in [1.29, 1.82) is 0 Å². The molecule has 0 aliphatic heterocycles. The third-order valence-electron chi connectivity index (χ3n) is 4.35. The number of fused-ring (bicyclic) bond motifs is 1. The number of aromatic nitrogens is 5. The average Bonchev–Trinajstić information content (AvgIpc) is 3.37. The zero-order chi connectivity index (χ0) is 18.1. The molecule has 1 amide bonds. The van der Waals surface area contributed by atoms with Crippen molar-refractivity contribution in [2.75, 3.05) is 7.05 Å². The number of H-pyrrole nitrogens is 1. The molecule has 8 heteroatoms. The van der Waals surface area contributed by atoms with Crippen molar-refractivity contribution >= 4 is 16.8 Å². The molecule has 4 aromatic rings. The van der Waals surface area contributed by atoms with Crippen molar-refractivity contribution in [3.05, 3.63) is 65.4 Å².